The van der Waals surface area contributed by atoms with Gasteiger partial charge in [0.15, 0.2) is 10.6 Å². The minimum atomic E-state index is -0.608. The van der Waals surface area contributed by atoms with Crippen LogP contribution in [-0.2, 0) is 0 Å². The Hall–Kier alpha value is -2.96. The molecule has 1 aliphatic rings. The first-order valence-corrected chi connectivity index (χ1v) is 10.2. The fourth-order valence-corrected chi connectivity index (χ4v) is 4.76. The molecule has 2 aromatic carbocycles. The summed E-state index contributed by atoms with van der Waals surface area (Å²) in [5.41, 5.74) is 2.09. The fraction of sp³-hybridized carbons (Fsp3) is 0.136. The maximum atomic E-state index is 13.4. The van der Waals surface area contributed by atoms with Crippen LogP contribution in [0.15, 0.2) is 57.7 Å². The molecule has 0 spiro atoms. The predicted octanol–water partition coefficient (Wildman–Crippen LogP) is 5.27. The monoisotopic (exact) mass is 422 g/mol. The molecule has 0 unspecified atom stereocenters. The number of halogens is 1. The van der Waals surface area contributed by atoms with Gasteiger partial charge in [0.25, 0.3) is 5.91 Å². The van der Waals surface area contributed by atoms with Crippen LogP contribution >= 0.6 is 22.9 Å². The molecule has 3 heterocycles. The molecule has 0 saturated heterocycles. The third-order valence-corrected chi connectivity index (χ3v) is 6.48. The molecule has 0 saturated carbocycles. The van der Waals surface area contributed by atoms with Gasteiger partial charge in [-0.3, -0.25) is 14.5 Å². The number of carbonyl (C=O) groups is 1. The third-order valence-electron chi connectivity index (χ3n) is 5.17. The van der Waals surface area contributed by atoms with E-state index in [-0.39, 0.29) is 17.1 Å². The highest BCUT2D eigenvalue weighted by molar-refractivity contribution is 7.15. The molecular weight excluding hydrogens is 408 g/mol. The van der Waals surface area contributed by atoms with Crippen LogP contribution in [-0.4, -0.2) is 10.9 Å². The zero-order chi connectivity index (χ0) is 20.3. The van der Waals surface area contributed by atoms with Gasteiger partial charge in [-0.25, -0.2) is 4.98 Å². The van der Waals surface area contributed by atoms with Gasteiger partial charge in [-0.1, -0.05) is 41.9 Å². The Kier molecular flexibility index (Phi) is 4.08. The molecule has 144 valence electrons. The number of aromatic nitrogens is 1. The molecule has 0 fully saturated rings. The topological polar surface area (TPSA) is 63.4 Å². The van der Waals surface area contributed by atoms with E-state index >= 15 is 0 Å². The summed E-state index contributed by atoms with van der Waals surface area (Å²) >= 11 is 7.53. The van der Waals surface area contributed by atoms with E-state index in [1.165, 1.54) is 11.3 Å². The number of nitrogens with zero attached hydrogens (tertiary/aromatic N) is 2. The van der Waals surface area contributed by atoms with Gasteiger partial charge in [0.05, 0.1) is 22.7 Å². The van der Waals surface area contributed by atoms with Crippen LogP contribution in [0, 0.1) is 13.8 Å². The van der Waals surface area contributed by atoms with Gasteiger partial charge >= 0.3 is 0 Å². The largest absolute Gasteiger partial charge is 0.450 e. The van der Waals surface area contributed by atoms with Crippen LogP contribution in [0.4, 0.5) is 5.13 Å². The first kappa shape index (κ1) is 18.1. The van der Waals surface area contributed by atoms with Crippen LogP contribution in [0.3, 0.4) is 0 Å². The molecule has 0 bridgehead atoms. The van der Waals surface area contributed by atoms with Crippen molar-refractivity contribution in [2.45, 2.75) is 19.9 Å². The number of aryl methyl sites for hydroxylation is 2. The molecule has 2 aromatic heterocycles. The molecule has 7 heteroatoms. The first-order valence-electron chi connectivity index (χ1n) is 9.04. The van der Waals surface area contributed by atoms with Crippen molar-refractivity contribution in [2.24, 2.45) is 0 Å². The molecular formula is C22H15ClN2O3S. The van der Waals surface area contributed by atoms with Crippen molar-refractivity contribution in [2.75, 3.05) is 4.90 Å². The number of amides is 1. The Morgan fingerprint density at radius 3 is 2.55 bits per heavy atom. The highest BCUT2D eigenvalue weighted by Crippen LogP contribution is 2.42. The summed E-state index contributed by atoms with van der Waals surface area (Å²) in [4.78, 5) is 34.0. The summed E-state index contributed by atoms with van der Waals surface area (Å²) < 4.78 is 5.92. The van der Waals surface area contributed by atoms with E-state index in [9.17, 15) is 9.59 Å². The van der Waals surface area contributed by atoms with Gasteiger partial charge in [0.2, 0.25) is 5.76 Å². The lowest BCUT2D eigenvalue weighted by Crippen LogP contribution is -2.29. The minimum Gasteiger partial charge on any atom is -0.450 e. The van der Waals surface area contributed by atoms with Crippen molar-refractivity contribution in [3.05, 3.63) is 91.2 Å². The average Bonchev–Trinajstić information content (AvgIpc) is 3.20. The smallest absolute Gasteiger partial charge is 0.297 e. The number of anilines is 1. The lowest BCUT2D eigenvalue weighted by Gasteiger charge is -2.22. The number of thiazole rings is 1. The van der Waals surface area contributed by atoms with Crippen LogP contribution in [0.1, 0.15) is 38.3 Å². The van der Waals surface area contributed by atoms with E-state index in [4.69, 9.17) is 16.0 Å². The highest BCUT2D eigenvalue weighted by Gasteiger charge is 2.44. The van der Waals surface area contributed by atoms with E-state index < -0.39 is 6.04 Å². The molecule has 29 heavy (non-hydrogen) atoms. The van der Waals surface area contributed by atoms with Gasteiger partial charge in [0.1, 0.15) is 5.58 Å². The molecule has 1 aliphatic heterocycles. The second-order valence-corrected chi connectivity index (χ2v) is 8.56. The van der Waals surface area contributed by atoms with Gasteiger partial charge in [-0.2, -0.15) is 0 Å². The Morgan fingerprint density at radius 1 is 1.10 bits per heavy atom. The van der Waals surface area contributed by atoms with Crippen LogP contribution in [0.5, 0.6) is 0 Å². The summed E-state index contributed by atoms with van der Waals surface area (Å²) in [5, 5.41) is 1.35. The van der Waals surface area contributed by atoms with Crippen molar-refractivity contribution in [1.82, 2.24) is 4.98 Å². The summed E-state index contributed by atoms with van der Waals surface area (Å²) in [6.07, 6.45) is 0. The summed E-state index contributed by atoms with van der Waals surface area (Å²) in [5.74, 6) is -0.305. The van der Waals surface area contributed by atoms with Crippen LogP contribution < -0.4 is 10.3 Å². The van der Waals surface area contributed by atoms with E-state index in [2.05, 4.69) is 4.98 Å². The summed E-state index contributed by atoms with van der Waals surface area (Å²) in [6.45, 7) is 3.86. The summed E-state index contributed by atoms with van der Waals surface area (Å²) in [6, 6.07) is 13.7. The molecule has 5 nitrogen and oxygen atoms in total. The zero-order valence-corrected chi connectivity index (χ0v) is 17.2. The molecule has 1 atom stereocenters. The number of hydrogen-bond acceptors (Lipinski definition) is 5. The van der Waals surface area contributed by atoms with E-state index in [1.54, 1.807) is 23.1 Å². The Bertz CT molecular complexity index is 1320. The molecule has 0 radical (unpaired) electrons. The fourth-order valence-electron chi connectivity index (χ4n) is 3.65. The van der Waals surface area contributed by atoms with E-state index in [1.807, 2.05) is 44.2 Å². The zero-order valence-electron chi connectivity index (χ0n) is 15.6. The van der Waals surface area contributed by atoms with E-state index in [0.29, 0.717) is 26.7 Å². The lowest BCUT2D eigenvalue weighted by atomic mass is 9.99. The van der Waals surface area contributed by atoms with Gasteiger partial charge in [-0.05, 0) is 37.6 Å². The highest BCUT2D eigenvalue weighted by atomic mass is 35.5. The number of fused-ring (bicyclic) bond motifs is 2. The Balaban J connectivity index is 1.83. The predicted molar refractivity (Wildman–Crippen MR) is 114 cm³/mol. The Morgan fingerprint density at radius 2 is 1.86 bits per heavy atom. The van der Waals surface area contributed by atoms with Gasteiger partial charge in [-0.15, -0.1) is 11.3 Å². The number of hydrogen-bond donors (Lipinski definition) is 0. The second kappa shape index (κ2) is 6.54. The normalized spacial score (nSPS) is 15.9. The van der Waals surface area contributed by atoms with Crippen molar-refractivity contribution in [3.8, 4) is 0 Å². The SMILES string of the molecule is Cc1nc(N2C(=O)c3oc4ccc(Cl)cc4c(=O)c3[C@@H]2c2ccccc2)sc1C. The molecule has 0 N–H and O–H groups in total. The molecule has 0 aliphatic carbocycles. The molecule has 4 aromatic rings. The maximum absolute atomic E-state index is 13.4. The number of carbonyl (C=O) groups excluding carboxylic acids is 1. The molecule has 1 amide bonds. The van der Waals surface area contributed by atoms with Crippen LogP contribution in [0.25, 0.3) is 11.0 Å². The quantitative estimate of drug-likeness (QED) is 0.441. The lowest BCUT2D eigenvalue weighted by molar-refractivity contribution is 0.0971. The second-order valence-electron chi connectivity index (χ2n) is 6.94. The molecule has 5 rings (SSSR count). The van der Waals surface area contributed by atoms with Crippen LogP contribution in [0.2, 0.25) is 5.02 Å². The van der Waals surface area contributed by atoms with Gasteiger partial charge < -0.3 is 4.42 Å². The number of rotatable bonds is 2. The third kappa shape index (κ3) is 2.71. The van der Waals surface area contributed by atoms with Crippen molar-refractivity contribution < 1.29 is 9.21 Å². The number of benzene rings is 2. The van der Waals surface area contributed by atoms with E-state index in [0.717, 1.165) is 16.1 Å². The Labute approximate surface area is 175 Å². The summed E-state index contributed by atoms with van der Waals surface area (Å²) in [7, 11) is 0. The van der Waals surface area contributed by atoms with Gasteiger partial charge in [0, 0.05) is 9.90 Å². The minimum absolute atomic E-state index is 0.0594. The van der Waals surface area contributed by atoms with Crippen molar-refractivity contribution in [1.29, 1.82) is 0 Å². The van der Waals surface area contributed by atoms with Crippen molar-refractivity contribution >= 4 is 44.9 Å². The maximum Gasteiger partial charge on any atom is 0.297 e. The first-order chi connectivity index (χ1) is 14.0. The standard InChI is InChI=1S/C22H15ClN2O3S/c1-11-12(2)29-22(24-11)25-18(13-6-4-3-5-7-13)17-19(26)15-10-14(23)8-9-16(15)28-20(17)21(25)27/h3-10,18H,1-2H3/t18-/m0/s1. The average molecular weight is 423 g/mol. The van der Waals surface area contributed by atoms with Crippen molar-refractivity contribution in [3.63, 3.8) is 0 Å².